The van der Waals surface area contributed by atoms with Crippen molar-refractivity contribution in [2.75, 3.05) is 6.54 Å². The zero-order valence-electron chi connectivity index (χ0n) is 13.5. The monoisotopic (exact) mass is 335 g/mol. The molecule has 2 aromatic heterocycles. The van der Waals surface area contributed by atoms with Crippen LogP contribution in [0.4, 0.5) is 0 Å². The molecule has 0 saturated heterocycles. The zero-order chi connectivity index (χ0) is 17.1. The molecule has 4 rings (SSSR count). The summed E-state index contributed by atoms with van der Waals surface area (Å²) < 4.78 is 7.40. The molecule has 3 aromatic rings. The summed E-state index contributed by atoms with van der Waals surface area (Å²) in [7, 11) is 0. The van der Waals surface area contributed by atoms with Gasteiger partial charge in [0, 0.05) is 24.4 Å². The lowest BCUT2D eigenvalue weighted by Gasteiger charge is -2.11. The first-order valence-electron chi connectivity index (χ1n) is 8.07. The Balaban J connectivity index is 1.36. The lowest BCUT2D eigenvalue weighted by Crippen LogP contribution is -2.36. The summed E-state index contributed by atoms with van der Waals surface area (Å²) in [5.41, 5.74) is 3.35. The molecule has 0 aliphatic carbocycles. The van der Waals surface area contributed by atoms with Gasteiger partial charge in [-0.25, -0.2) is 9.67 Å². The van der Waals surface area contributed by atoms with Crippen LogP contribution < -0.4 is 10.1 Å². The Labute approximate surface area is 144 Å². The van der Waals surface area contributed by atoms with E-state index in [-0.39, 0.29) is 18.6 Å². The van der Waals surface area contributed by atoms with Crippen LogP contribution in [0.5, 0.6) is 5.75 Å². The number of benzene rings is 1. The first-order chi connectivity index (χ1) is 12.3. The third-order valence-corrected chi connectivity index (χ3v) is 4.10. The third kappa shape index (κ3) is 3.50. The molecule has 1 unspecified atom stereocenters. The van der Waals surface area contributed by atoms with E-state index in [0.717, 1.165) is 28.9 Å². The second-order valence-electron chi connectivity index (χ2n) is 5.91. The fourth-order valence-electron chi connectivity index (χ4n) is 2.89. The van der Waals surface area contributed by atoms with Gasteiger partial charge in [-0.2, -0.15) is 5.10 Å². The summed E-state index contributed by atoms with van der Waals surface area (Å²) in [5.74, 6) is 0.768. The van der Waals surface area contributed by atoms with Crippen molar-refractivity contribution in [1.29, 1.82) is 0 Å². The van der Waals surface area contributed by atoms with Gasteiger partial charge in [0.1, 0.15) is 31.1 Å². The van der Waals surface area contributed by atoms with E-state index in [9.17, 15) is 4.79 Å². The number of fused-ring (bicyclic) bond motifs is 1. The second-order valence-corrected chi connectivity index (χ2v) is 5.91. The van der Waals surface area contributed by atoms with Gasteiger partial charge < -0.3 is 10.1 Å². The van der Waals surface area contributed by atoms with Crippen molar-refractivity contribution in [3.8, 4) is 16.9 Å². The number of nitrogens with one attached hydrogen (secondary N) is 1. The number of carbonyl (C=O) groups excluding carboxylic acids is 1. The van der Waals surface area contributed by atoms with E-state index in [2.05, 4.69) is 26.4 Å². The molecule has 1 N–H and O–H groups in total. The van der Waals surface area contributed by atoms with Crippen LogP contribution in [0.3, 0.4) is 0 Å². The molecule has 3 heterocycles. The Kier molecular flexibility index (Phi) is 4.12. The molecule has 0 radical (unpaired) electrons. The minimum atomic E-state index is -0.110. The van der Waals surface area contributed by atoms with Gasteiger partial charge in [-0.3, -0.25) is 9.78 Å². The first-order valence-corrected chi connectivity index (χ1v) is 8.07. The number of hydrogen-bond donors (Lipinski definition) is 1. The number of rotatable bonds is 5. The highest BCUT2D eigenvalue weighted by Gasteiger charge is 2.23. The van der Waals surface area contributed by atoms with Crippen LogP contribution in [-0.4, -0.2) is 38.3 Å². The molecule has 0 saturated carbocycles. The number of nitrogens with zero attached hydrogens (tertiary/aromatic N) is 4. The molecule has 0 bridgehead atoms. The van der Waals surface area contributed by atoms with Gasteiger partial charge in [0.25, 0.3) is 0 Å². The van der Waals surface area contributed by atoms with E-state index in [1.807, 2.05) is 30.5 Å². The molecule has 7 heteroatoms. The molecule has 126 valence electrons. The molecule has 1 aliphatic heterocycles. The molecule has 1 amide bonds. The van der Waals surface area contributed by atoms with Crippen LogP contribution in [0.1, 0.15) is 5.56 Å². The van der Waals surface area contributed by atoms with Crippen LogP contribution in [0.15, 0.2) is 55.4 Å². The maximum absolute atomic E-state index is 11.9. The minimum Gasteiger partial charge on any atom is -0.488 e. The van der Waals surface area contributed by atoms with E-state index in [1.165, 1.54) is 17.3 Å². The summed E-state index contributed by atoms with van der Waals surface area (Å²) >= 11 is 0. The summed E-state index contributed by atoms with van der Waals surface area (Å²) in [4.78, 5) is 19.9. The van der Waals surface area contributed by atoms with E-state index < -0.39 is 0 Å². The van der Waals surface area contributed by atoms with Gasteiger partial charge in [0.2, 0.25) is 5.91 Å². The Bertz CT molecular complexity index is 864. The summed E-state index contributed by atoms with van der Waals surface area (Å²) in [6.07, 6.45) is 7.24. The fourth-order valence-corrected chi connectivity index (χ4v) is 2.89. The summed E-state index contributed by atoms with van der Waals surface area (Å²) in [5, 5.41) is 6.80. The predicted molar refractivity (Wildman–Crippen MR) is 90.8 cm³/mol. The highest BCUT2D eigenvalue weighted by Crippen LogP contribution is 2.32. The van der Waals surface area contributed by atoms with Crippen LogP contribution in [0.25, 0.3) is 11.1 Å². The number of pyridine rings is 1. The smallest absolute Gasteiger partial charge is 0.241 e. The van der Waals surface area contributed by atoms with E-state index in [4.69, 9.17) is 4.74 Å². The maximum atomic E-state index is 11.9. The van der Waals surface area contributed by atoms with Gasteiger partial charge in [-0.1, -0.05) is 12.1 Å². The predicted octanol–water partition coefficient (Wildman–Crippen LogP) is 1.46. The van der Waals surface area contributed by atoms with Crippen molar-refractivity contribution in [1.82, 2.24) is 25.1 Å². The summed E-state index contributed by atoms with van der Waals surface area (Å²) in [6.45, 7) is 0.620. The van der Waals surface area contributed by atoms with Gasteiger partial charge in [-0.05, 0) is 29.3 Å². The fraction of sp³-hybridized carbons (Fsp3) is 0.222. The molecule has 1 aromatic carbocycles. The molecular weight excluding hydrogens is 318 g/mol. The SMILES string of the molecule is O=C(Cn1cncn1)NCC1Cc2cc(-c3cccnc3)ccc2O1. The topological polar surface area (TPSA) is 81.9 Å². The number of aromatic nitrogens is 4. The molecular formula is C18H17N5O2. The first kappa shape index (κ1) is 15.3. The standard InChI is InChI=1S/C18H17N5O2/c24-18(10-23-12-20-11-22-23)21-9-16-7-15-6-13(3-4-17(15)25-16)14-2-1-5-19-8-14/h1-6,8,11-12,16H,7,9-10H2,(H,21,24). The molecule has 0 spiro atoms. The van der Waals surface area contributed by atoms with Gasteiger partial charge in [-0.15, -0.1) is 0 Å². The van der Waals surface area contributed by atoms with Crippen molar-refractivity contribution in [3.63, 3.8) is 0 Å². The summed E-state index contributed by atoms with van der Waals surface area (Å²) in [6, 6.07) is 10.1. The highest BCUT2D eigenvalue weighted by atomic mass is 16.5. The zero-order valence-corrected chi connectivity index (χ0v) is 13.5. The van der Waals surface area contributed by atoms with E-state index in [1.54, 1.807) is 6.20 Å². The van der Waals surface area contributed by atoms with Crippen molar-refractivity contribution in [3.05, 3.63) is 60.9 Å². The van der Waals surface area contributed by atoms with Crippen LogP contribution in [0, 0.1) is 0 Å². The Morgan fingerprint density at radius 3 is 3.04 bits per heavy atom. The number of hydrogen-bond acceptors (Lipinski definition) is 5. The van der Waals surface area contributed by atoms with E-state index in [0.29, 0.717) is 6.54 Å². The average molecular weight is 335 g/mol. The lowest BCUT2D eigenvalue weighted by atomic mass is 10.0. The van der Waals surface area contributed by atoms with Crippen molar-refractivity contribution in [2.24, 2.45) is 0 Å². The van der Waals surface area contributed by atoms with Crippen LogP contribution in [0.2, 0.25) is 0 Å². The average Bonchev–Trinajstić information content (AvgIpc) is 3.29. The molecule has 0 fully saturated rings. The molecule has 25 heavy (non-hydrogen) atoms. The van der Waals surface area contributed by atoms with Crippen molar-refractivity contribution in [2.45, 2.75) is 19.1 Å². The highest BCUT2D eigenvalue weighted by molar-refractivity contribution is 5.75. The Morgan fingerprint density at radius 2 is 2.24 bits per heavy atom. The second kappa shape index (κ2) is 6.72. The molecule has 7 nitrogen and oxygen atoms in total. The van der Waals surface area contributed by atoms with E-state index >= 15 is 0 Å². The van der Waals surface area contributed by atoms with Gasteiger partial charge in [0.05, 0.1) is 6.54 Å². The lowest BCUT2D eigenvalue weighted by molar-refractivity contribution is -0.122. The molecule has 1 atom stereocenters. The van der Waals surface area contributed by atoms with Gasteiger partial charge >= 0.3 is 0 Å². The normalized spacial score (nSPS) is 15.4. The van der Waals surface area contributed by atoms with Crippen LogP contribution in [-0.2, 0) is 17.8 Å². The number of ether oxygens (including phenoxy) is 1. The third-order valence-electron chi connectivity index (χ3n) is 4.10. The maximum Gasteiger partial charge on any atom is 0.241 e. The Hall–Kier alpha value is -3.22. The van der Waals surface area contributed by atoms with Crippen molar-refractivity contribution >= 4 is 5.91 Å². The number of carbonyl (C=O) groups is 1. The Morgan fingerprint density at radius 1 is 1.28 bits per heavy atom. The quantitative estimate of drug-likeness (QED) is 0.763. The van der Waals surface area contributed by atoms with Crippen molar-refractivity contribution < 1.29 is 9.53 Å². The van der Waals surface area contributed by atoms with Crippen LogP contribution >= 0.6 is 0 Å². The van der Waals surface area contributed by atoms with Gasteiger partial charge in [0.15, 0.2) is 0 Å². The largest absolute Gasteiger partial charge is 0.488 e. The minimum absolute atomic E-state index is 0.0566. The number of amides is 1. The molecule has 1 aliphatic rings.